The van der Waals surface area contributed by atoms with Crippen LogP contribution in [0.5, 0.6) is 0 Å². The number of carboxylic acid groups (broad SMARTS) is 1. The second-order valence-corrected chi connectivity index (χ2v) is 26.7. The molecule has 0 saturated carbocycles. The van der Waals surface area contributed by atoms with E-state index in [1.807, 2.05) is 0 Å². The van der Waals surface area contributed by atoms with Crippen LogP contribution in [0.15, 0.2) is 42.9 Å². The van der Waals surface area contributed by atoms with E-state index in [-0.39, 0.29) is 81.6 Å². The molecule has 0 bridgehead atoms. The number of nitrogens with two attached hydrogens (primary N) is 4. The van der Waals surface area contributed by atoms with Crippen LogP contribution in [0.1, 0.15) is 145 Å². The van der Waals surface area contributed by atoms with E-state index in [4.69, 9.17) is 22.9 Å². The number of nitrogens with zero attached hydrogens (tertiary/aromatic N) is 1. The fourth-order valence-corrected chi connectivity index (χ4v) is 10.2. The average Bonchev–Trinajstić information content (AvgIpc) is 1.25. The SMILES string of the molecule is CC(C)C[C@H](NC(=O)[C@H](Cc1cnc[nH]1)NC(=O)[C@H](CC(N)=O)NC(=O)[C@H](CC(C)C)NC(=O)[C@@H](N)[C@@H](C)O)C(=O)N[C@@H](CCCCN)C(=O)N[C@@H](Cc1ccccc1)C(=O)N[C@@H](CC(C)C)C(=O)N[C@@H](CC(N)=O)C(=O)N[C@H](C(=O)N[C@@H](CC(C)C)C(=O)N[C@@H](CO)C(=O)O)C(C)C. The maximum atomic E-state index is 14.8. The molecule has 0 aliphatic carbocycles. The van der Waals surface area contributed by atoms with Crippen LogP contribution < -0.4 is 81.4 Å². The number of amides is 13. The average molecular weight is 1400 g/mol. The summed E-state index contributed by atoms with van der Waals surface area (Å²) in [5, 5.41) is 56.8. The van der Waals surface area contributed by atoms with E-state index in [9.17, 15) is 82.4 Å². The Balaban J connectivity index is 2.58. The molecular weight excluding hydrogens is 1290 g/mol. The lowest BCUT2D eigenvalue weighted by molar-refractivity contribution is -0.143. The molecule has 34 heteroatoms. The highest BCUT2D eigenvalue weighted by Crippen LogP contribution is 2.15. The molecule has 1 aromatic carbocycles. The molecule has 2 aromatic rings. The number of H-pyrrole nitrogens is 1. The quantitative estimate of drug-likeness (QED) is 0.0281. The first-order valence-electron chi connectivity index (χ1n) is 33.3. The lowest BCUT2D eigenvalue weighted by Crippen LogP contribution is -2.62. The summed E-state index contributed by atoms with van der Waals surface area (Å²) in [6.45, 7) is 17.5. The van der Waals surface area contributed by atoms with Gasteiger partial charge in [-0.3, -0.25) is 62.3 Å². The molecule has 0 unspecified atom stereocenters. The van der Waals surface area contributed by atoms with Gasteiger partial charge in [-0.15, -0.1) is 0 Å². The summed E-state index contributed by atoms with van der Waals surface area (Å²) in [6.07, 6.45) is -0.166. The Morgan fingerprint density at radius 2 is 0.808 bits per heavy atom. The van der Waals surface area contributed by atoms with Crippen LogP contribution in [0.2, 0.25) is 0 Å². The van der Waals surface area contributed by atoms with Crippen molar-refractivity contribution >= 4 is 82.8 Å². The number of primary amides is 2. The third-order valence-corrected chi connectivity index (χ3v) is 15.4. The highest BCUT2D eigenvalue weighted by atomic mass is 16.4. The Labute approximate surface area is 576 Å². The van der Waals surface area contributed by atoms with E-state index in [0.29, 0.717) is 17.7 Å². The number of benzene rings is 1. The zero-order valence-corrected chi connectivity index (χ0v) is 58.4. The zero-order chi connectivity index (χ0) is 75.0. The molecule has 554 valence electrons. The van der Waals surface area contributed by atoms with Gasteiger partial charge in [0.2, 0.25) is 76.8 Å². The number of rotatable bonds is 46. The minimum absolute atomic E-state index is 0.00834. The molecule has 23 N–H and O–H groups in total. The topological polar surface area (TPSA) is 565 Å². The van der Waals surface area contributed by atoms with Crippen molar-refractivity contribution in [3.8, 4) is 0 Å². The normalized spacial score (nSPS) is 15.4. The lowest BCUT2D eigenvalue weighted by atomic mass is 9.98. The number of imidazole rings is 1. The van der Waals surface area contributed by atoms with E-state index in [1.165, 1.54) is 19.4 Å². The largest absolute Gasteiger partial charge is 0.480 e. The molecule has 34 nitrogen and oxygen atoms in total. The molecule has 0 radical (unpaired) electrons. The van der Waals surface area contributed by atoms with E-state index >= 15 is 0 Å². The number of hydrogen-bond acceptors (Lipinski definition) is 19. The summed E-state index contributed by atoms with van der Waals surface area (Å²) >= 11 is 0. The summed E-state index contributed by atoms with van der Waals surface area (Å²) in [4.78, 5) is 199. The first-order valence-corrected chi connectivity index (χ1v) is 33.3. The van der Waals surface area contributed by atoms with Crippen molar-refractivity contribution < 1.29 is 82.4 Å². The molecule has 13 atom stereocenters. The van der Waals surface area contributed by atoms with Gasteiger partial charge < -0.3 is 102 Å². The van der Waals surface area contributed by atoms with Crippen LogP contribution in [0.4, 0.5) is 0 Å². The van der Waals surface area contributed by atoms with Crippen molar-refractivity contribution in [3.63, 3.8) is 0 Å². The van der Waals surface area contributed by atoms with Gasteiger partial charge in [0.15, 0.2) is 0 Å². The number of carbonyl (C=O) groups excluding carboxylic acids is 13. The van der Waals surface area contributed by atoms with Gasteiger partial charge in [-0.05, 0) is 93.6 Å². The molecule has 0 saturated heterocycles. The van der Waals surface area contributed by atoms with E-state index in [1.54, 1.807) is 99.6 Å². The van der Waals surface area contributed by atoms with Gasteiger partial charge in [0.25, 0.3) is 0 Å². The minimum Gasteiger partial charge on any atom is -0.480 e. The second-order valence-electron chi connectivity index (χ2n) is 26.7. The number of carboxylic acids is 1. The first-order chi connectivity index (χ1) is 46.4. The third-order valence-electron chi connectivity index (χ3n) is 15.4. The molecule has 13 amide bonds. The molecule has 2 rings (SSSR count). The Bertz CT molecular complexity index is 3000. The number of aliphatic hydroxyl groups excluding tert-OH is 2. The van der Waals surface area contributed by atoms with Crippen LogP contribution in [0, 0.1) is 29.6 Å². The monoisotopic (exact) mass is 1400 g/mol. The van der Waals surface area contributed by atoms with Gasteiger partial charge in [-0.2, -0.15) is 0 Å². The summed E-state index contributed by atoms with van der Waals surface area (Å²) in [5.74, 6) is -15.7. The van der Waals surface area contributed by atoms with Crippen molar-refractivity contribution in [1.29, 1.82) is 0 Å². The number of aromatic nitrogens is 2. The maximum absolute atomic E-state index is 14.8. The standard InChI is InChI=1S/C65H107N17O17/c1-32(2)21-41(74-60(93)46(26-39-29-70-31-71-39)76-61(94)47(27-50(67)85)77-57(90)43(23-34(5)6)79-63(96)52(69)37(11)84)55(88)72-40(19-15-16-20-66)54(87)75-45(25-38-17-13-12-14-18-38)59(92)73-42(22-33(3)4)56(89)78-48(28-51(68)86)62(95)82-53(36(9)10)64(97)80-44(24-35(7)8)58(91)81-49(30-83)65(98)99/h12-14,17-18,29,31-37,40-49,52-53,83-84H,15-16,19-28,30,66,69H2,1-11H3,(H2,67,85)(H2,68,86)(H,70,71)(H,72,88)(H,73,92)(H,74,93)(H,75,87)(H,76,94)(H,77,90)(H,78,89)(H,79,96)(H,80,97)(H,81,91)(H,82,95)(H,98,99)/t37-,40+,41+,42+,43+,44+,45+,46+,47+,48+,49+,52+,53+/m1/s1. The van der Waals surface area contributed by atoms with Gasteiger partial charge in [-0.25, -0.2) is 9.78 Å². The van der Waals surface area contributed by atoms with Crippen LogP contribution in [0.25, 0.3) is 0 Å². The van der Waals surface area contributed by atoms with Gasteiger partial charge >= 0.3 is 5.97 Å². The number of aromatic amines is 1. The first kappa shape index (κ1) is 85.9. The highest BCUT2D eigenvalue weighted by molar-refractivity contribution is 6.01. The van der Waals surface area contributed by atoms with Crippen LogP contribution in [0.3, 0.4) is 0 Å². The third kappa shape index (κ3) is 31.9. The van der Waals surface area contributed by atoms with E-state index in [0.717, 1.165) is 0 Å². The predicted octanol–water partition coefficient (Wildman–Crippen LogP) is -3.97. The summed E-state index contributed by atoms with van der Waals surface area (Å²) in [6, 6.07) is -9.57. The molecule has 1 heterocycles. The Kier molecular flexibility index (Phi) is 37.6. The molecule has 0 spiro atoms. The van der Waals surface area contributed by atoms with Crippen molar-refractivity contribution in [2.24, 2.45) is 52.5 Å². The molecule has 99 heavy (non-hydrogen) atoms. The molecule has 0 fully saturated rings. The van der Waals surface area contributed by atoms with Crippen molar-refractivity contribution in [3.05, 3.63) is 54.1 Å². The van der Waals surface area contributed by atoms with Gasteiger partial charge in [-0.1, -0.05) is 99.6 Å². The van der Waals surface area contributed by atoms with Crippen LogP contribution in [-0.4, -0.2) is 200 Å². The van der Waals surface area contributed by atoms with Gasteiger partial charge in [0.1, 0.15) is 72.5 Å². The Hall–Kier alpha value is -9.15. The number of hydrogen-bond donors (Lipinski definition) is 19. The van der Waals surface area contributed by atoms with Crippen LogP contribution in [-0.2, 0) is 80.0 Å². The predicted molar refractivity (Wildman–Crippen MR) is 361 cm³/mol. The number of carbonyl (C=O) groups is 14. The highest BCUT2D eigenvalue weighted by Gasteiger charge is 2.39. The van der Waals surface area contributed by atoms with Gasteiger partial charge in [0.05, 0.1) is 31.9 Å². The lowest BCUT2D eigenvalue weighted by Gasteiger charge is -2.29. The smallest absolute Gasteiger partial charge is 0.328 e. The van der Waals surface area contributed by atoms with E-state index in [2.05, 4.69) is 68.5 Å². The minimum atomic E-state index is -1.76. The number of aliphatic hydroxyl groups is 2. The Morgan fingerprint density at radius 1 is 0.455 bits per heavy atom. The fraction of sp³-hybridized carbons (Fsp3) is 0.646. The molecule has 0 aliphatic rings. The molecular formula is C65H107N17O17. The zero-order valence-electron chi connectivity index (χ0n) is 58.4. The summed E-state index contributed by atoms with van der Waals surface area (Å²) in [5.41, 5.74) is 23.6. The summed E-state index contributed by atoms with van der Waals surface area (Å²) < 4.78 is 0. The number of aliphatic carboxylic acids is 1. The van der Waals surface area contributed by atoms with Crippen molar-refractivity contribution in [2.75, 3.05) is 13.2 Å². The van der Waals surface area contributed by atoms with Crippen molar-refractivity contribution in [2.45, 2.75) is 225 Å². The van der Waals surface area contributed by atoms with Gasteiger partial charge in [0, 0.05) is 24.7 Å². The van der Waals surface area contributed by atoms with E-state index < -0.39 is 187 Å². The maximum Gasteiger partial charge on any atom is 0.328 e. The van der Waals surface area contributed by atoms with Crippen molar-refractivity contribution in [1.82, 2.24) is 68.5 Å². The molecule has 0 aliphatic heterocycles. The second kappa shape index (κ2) is 43.3. The Morgan fingerprint density at radius 3 is 1.18 bits per heavy atom. The molecule has 1 aromatic heterocycles. The number of unbranched alkanes of at least 4 members (excludes halogenated alkanes) is 1. The number of nitrogens with one attached hydrogen (secondary N) is 12. The summed E-state index contributed by atoms with van der Waals surface area (Å²) in [7, 11) is 0. The van der Waals surface area contributed by atoms with Crippen LogP contribution >= 0.6 is 0 Å². The fourth-order valence-electron chi connectivity index (χ4n) is 10.2.